The minimum absolute atomic E-state index is 0.0461. The van der Waals surface area contributed by atoms with Gasteiger partial charge < -0.3 is 0 Å². The zero-order valence-corrected chi connectivity index (χ0v) is 19.3. The Balaban J connectivity index is 1.96. The van der Waals surface area contributed by atoms with Gasteiger partial charge in [0.25, 0.3) is 10.0 Å². The number of aryl methyl sites for hydroxylation is 2. The van der Waals surface area contributed by atoms with E-state index in [1.807, 2.05) is 36.6 Å². The second-order valence-corrected chi connectivity index (χ2v) is 10.7. The van der Waals surface area contributed by atoms with Gasteiger partial charge in [0.1, 0.15) is 0 Å². The van der Waals surface area contributed by atoms with Crippen LogP contribution >= 0.6 is 0 Å². The average Bonchev–Trinajstić information content (AvgIpc) is 3.03. The number of sulfonamides is 1. The average molecular weight is 434 g/mol. The summed E-state index contributed by atoms with van der Waals surface area (Å²) >= 11 is 0. The van der Waals surface area contributed by atoms with E-state index in [1.54, 1.807) is 30.3 Å². The molecule has 0 saturated heterocycles. The number of nitrogens with zero attached hydrogens (tertiary/aromatic N) is 2. The maximum absolute atomic E-state index is 13.1. The standard InChI is InChI=1S/C25H27N3O2S/c1-17-13-18(2)15-20(14-17)28-23-16-19(25(3,4)5)11-12-22(23)26-24(28)27-31(29,30)21-9-7-6-8-10-21/h6-16H,1-5H3,(H,26,27). The van der Waals surface area contributed by atoms with Gasteiger partial charge in [-0.15, -0.1) is 0 Å². The Hall–Kier alpha value is -3.12. The largest absolute Gasteiger partial charge is 0.278 e. The molecule has 0 atom stereocenters. The number of anilines is 1. The number of hydrogen-bond donors (Lipinski definition) is 1. The van der Waals surface area contributed by atoms with Gasteiger partial charge in [-0.05, 0) is 72.4 Å². The molecule has 0 bridgehead atoms. The van der Waals surface area contributed by atoms with Gasteiger partial charge in [-0.3, -0.25) is 4.57 Å². The lowest BCUT2D eigenvalue weighted by Gasteiger charge is -2.19. The molecule has 4 aromatic rings. The third-order valence-corrected chi connectivity index (χ3v) is 6.61. The number of imidazole rings is 1. The van der Waals surface area contributed by atoms with Crippen LogP contribution in [0.5, 0.6) is 0 Å². The molecule has 160 valence electrons. The van der Waals surface area contributed by atoms with Gasteiger partial charge in [0, 0.05) is 5.69 Å². The van der Waals surface area contributed by atoms with Crippen molar-refractivity contribution in [1.82, 2.24) is 9.55 Å². The summed E-state index contributed by atoms with van der Waals surface area (Å²) in [6, 6.07) is 20.6. The number of rotatable bonds is 4. The molecule has 31 heavy (non-hydrogen) atoms. The van der Waals surface area contributed by atoms with Crippen LogP contribution in [0.2, 0.25) is 0 Å². The van der Waals surface area contributed by atoms with Crippen molar-refractivity contribution in [2.45, 2.75) is 44.9 Å². The Morgan fingerprint density at radius 2 is 1.52 bits per heavy atom. The predicted molar refractivity (Wildman–Crippen MR) is 126 cm³/mol. The molecule has 3 aromatic carbocycles. The molecule has 0 aliphatic rings. The van der Waals surface area contributed by atoms with Crippen molar-refractivity contribution < 1.29 is 8.42 Å². The summed E-state index contributed by atoms with van der Waals surface area (Å²) in [5.41, 5.74) is 5.78. The van der Waals surface area contributed by atoms with Crippen LogP contribution in [0.1, 0.15) is 37.5 Å². The van der Waals surface area contributed by atoms with Crippen molar-refractivity contribution >= 4 is 27.0 Å². The summed E-state index contributed by atoms with van der Waals surface area (Å²) in [6.45, 7) is 10.5. The fraction of sp³-hybridized carbons (Fsp3) is 0.240. The lowest BCUT2D eigenvalue weighted by Crippen LogP contribution is -2.16. The maximum Gasteiger partial charge on any atom is 0.264 e. The van der Waals surface area contributed by atoms with E-state index in [2.05, 4.69) is 48.7 Å². The molecule has 0 aliphatic heterocycles. The predicted octanol–water partition coefficient (Wildman–Crippen LogP) is 5.74. The maximum atomic E-state index is 13.1. The highest BCUT2D eigenvalue weighted by Gasteiger charge is 2.22. The first kappa shape index (κ1) is 21.1. The first-order valence-electron chi connectivity index (χ1n) is 10.2. The molecule has 5 nitrogen and oxygen atoms in total. The molecule has 1 N–H and O–H groups in total. The van der Waals surface area contributed by atoms with Crippen molar-refractivity contribution in [1.29, 1.82) is 0 Å². The number of hydrogen-bond acceptors (Lipinski definition) is 3. The van der Waals surface area contributed by atoms with Crippen molar-refractivity contribution in [3.05, 3.63) is 83.4 Å². The van der Waals surface area contributed by atoms with E-state index in [0.717, 1.165) is 33.4 Å². The number of aromatic nitrogens is 2. The summed E-state index contributed by atoms with van der Waals surface area (Å²) in [6.07, 6.45) is 0. The van der Waals surface area contributed by atoms with E-state index in [1.165, 1.54) is 0 Å². The molecular formula is C25H27N3O2S. The molecule has 0 radical (unpaired) electrons. The van der Waals surface area contributed by atoms with Crippen LogP contribution in [0.15, 0.2) is 71.6 Å². The highest BCUT2D eigenvalue weighted by Crippen LogP contribution is 2.31. The fourth-order valence-electron chi connectivity index (χ4n) is 3.73. The SMILES string of the molecule is Cc1cc(C)cc(-n2c(NS(=O)(=O)c3ccccc3)nc3ccc(C(C)(C)C)cc32)c1. The molecule has 0 unspecified atom stereocenters. The van der Waals surface area contributed by atoms with Crippen LogP contribution in [0.4, 0.5) is 5.95 Å². The van der Waals surface area contributed by atoms with Gasteiger partial charge in [0.15, 0.2) is 0 Å². The fourth-order valence-corrected chi connectivity index (χ4v) is 4.74. The van der Waals surface area contributed by atoms with Crippen molar-refractivity contribution in [2.75, 3.05) is 4.72 Å². The van der Waals surface area contributed by atoms with E-state index >= 15 is 0 Å². The van der Waals surface area contributed by atoms with Gasteiger partial charge in [-0.25, -0.2) is 18.1 Å². The summed E-state index contributed by atoms with van der Waals surface area (Å²) in [5, 5.41) is 0. The molecule has 1 aromatic heterocycles. The molecule has 6 heteroatoms. The molecule has 4 rings (SSSR count). The Morgan fingerprint density at radius 1 is 0.871 bits per heavy atom. The lowest BCUT2D eigenvalue weighted by atomic mass is 9.87. The van der Waals surface area contributed by atoms with Crippen LogP contribution in [0.3, 0.4) is 0 Å². The highest BCUT2D eigenvalue weighted by atomic mass is 32.2. The zero-order valence-electron chi connectivity index (χ0n) is 18.5. The first-order chi connectivity index (χ1) is 14.5. The Labute approximate surface area is 183 Å². The molecule has 0 aliphatic carbocycles. The molecule has 0 spiro atoms. The van der Waals surface area contributed by atoms with E-state index < -0.39 is 10.0 Å². The van der Waals surface area contributed by atoms with E-state index in [9.17, 15) is 8.42 Å². The third kappa shape index (κ3) is 4.21. The quantitative estimate of drug-likeness (QED) is 0.446. The van der Waals surface area contributed by atoms with Crippen LogP contribution in [-0.4, -0.2) is 18.0 Å². The van der Waals surface area contributed by atoms with Crippen LogP contribution < -0.4 is 4.72 Å². The van der Waals surface area contributed by atoms with Crippen molar-refractivity contribution in [3.63, 3.8) is 0 Å². The highest BCUT2D eigenvalue weighted by molar-refractivity contribution is 7.92. The third-order valence-electron chi connectivity index (χ3n) is 5.26. The van der Waals surface area contributed by atoms with E-state index in [4.69, 9.17) is 0 Å². The first-order valence-corrected chi connectivity index (χ1v) is 11.7. The molecule has 0 amide bonds. The van der Waals surface area contributed by atoms with Crippen LogP contribution in [0.25, 0.3) is 16.7 Å². The minimum atomic E-state index is -3.78. The van der Waals surface area contributed by atoms with E-state index in [0.29, 0.717) is 0 Å². The number of benzene rings is 3. The second kappa shape index (κ2) is 7.54. The van der Waals surface area contributed by atoms with E-state index in [-0.39, 0.29) is 16.3 Å². The number of nitrogens with one attached hydrogen (secondary N) is 1. The Kier molecular flexibility index (Phi) is 5.13. The van der Waals surface area contributed by atoms with Crippen LogP contribution in [0, 0.1) is 13.8 Å². The monoisotopic (exact) mass is 433 g/mol. The summed E-state index contributed by atoms with van der Waals surface area (Å²) in [4.78, 5) is 4.85. The number of fused-ring (bicyclic) bond motifs is 1. The minimum Gasteiger partial charge on any atom is -0.278 e. The molecule has 0 fully saturated rings. The van der Waals surface area contributed by atoms with Crippen LogP contribution in [-0.2, 0) is 15.4 Å². The Bertz CT molecular complexity index is 1350. The normalized spacial score (nSPS) is 12.3. The van der Waals surface area contributed by atoms with Crippen molar-refractivity contribution in [2.24, 2.45) is 0 Å². The zero-order chi connectivity index (χ0) is 22.4. The molecular weight excluding hydrogens is 406 g/mol. The topological polar surface area (TPSA) is 64.0 Å². The van der Waals surface area contributed by atoms with Crippen molar-refractivity contribution in [3.8, 4) is 5.69 Å². The summed E-state index contributed by atoms with van der Waals surface area (Å²) < 4.78 is 30.7. The Morgan fingerprint density at radius 3 is 2.13 bits per heavy atom. The molecule has 0 saturated carbocycles. The van der Waals surface area contributed by atoms with Gasteiger partial charge in [-0.2, -0.15) is 0 Å². The smallest absolute Gasteiger partial charge is 0.264 e. The lowest BCUT2D eigenvalue weighted by molar-refractivity contribution is 0.591. The molecule has 1 heterocycles. The summed E-state index contributed by atoms with van der Waals surface area (Å²) in [5.74, 6) is 0.273. The summed E-state index contributed by atoms with van der Waals surface area (Å²) in [7, 11) is -3.78. The van der Waals surface area contributed by atoms with Gasteiger partial charge >= 0.3 is 0 Å². The second-order valence-electron chi connectivity index (χ2n) is 8.99. The van der Waals surface area contributed by atoms with Gasteiger partial charge in [0.2, 0.25) is 5.95 Å². The van der Waals surface area contributed by atoms with Gasteiger partial charge in [-0.1, -0.05) is 51.1 Å². The van der Waals surface area contributed by atoms with Gasteiger partial charge in [0.05, 0.1) is 15.9 Å².